The van der Waals surface area contributed by atoms with Crippen molar-refractivity contribution in [2.75, 3.05) is 26.2 Å². The van der Waals surface area contributed by atoms with Gasteiger partial charge in [0.15, 0.2) is 0 Å². The maximum atomic E-state index is 12.0. The Kier molecular flexibility index (Phi) is 6.65. The summed E-state index contributed by atoms with van der Waals surface area (Å²) in [5.74, 6) is 0.257. The van der Waals surface area contributed by atoms with Crippen LogP contribution in [-0.4, -0.2) is 49.1 Å². The highest BCUT2D eigenvalue weighted by Gasteiger charge is 2.23. The second-order valence-corrected chi connectivity index (χ2v) is 5.62. The van der Waals surface area contributed by atoms with E-state index < -0.39 is 0 Å². The van der Waals surface area contributed by atoms with Crippen LogP contribution in [0.2, 0.25) is 0 Å². The zero-order chi connectivity index (χ0) is 13.5. The van der Waals surface area contributed by atoms with Gasteiger partial charge in [0, 0.05) is 37.6 Å². The monoisotopic (exact) mass is 255 g/mol. The van der Waals surface area contributed by atoms with Gasteiger partial charge >= 0.3 is 0 Å². The summed E-state index contributed by atoms with van der Waals surface area (Å²) in [5, 5.41) is 6.40. The van der Waals surface area contributed by atoms with Gasteiger partial charge < -0.3 is 15.5 Å². The molecule has 0 saturated carbocycles. The van der Waals surface area contributed by atoms with Crippen molar-refractivity contribution in [2.45, 2.75) is 52.6 Å². The van der Waals surface area contributed by atoms with Crippen LogP contribution in [0.15, 0.2) is 0 Å². The zero-order valence-electron chi connectivity index (χ0n) is 12.3. The lowest BCUT2D eigenvalue weighted by Crippen LogP contribution is -2.48. The molecule has 0 aromatic carbocycles. The molecular weight excluding hydrogens is 226 g/mol. The molecule has 0 radical (unpaired) electrons. The summed E-state index contributed by atoms with van der Waals surface area (Å²) >= 11 is 0. The molecule has 0 aromatic heterocycles. The van der Waals surface area contributed by atoms with Gasteiger partial charge in [-0.05, 0) is 33.2 Å². The third-order valence-electron chi connectivity index (χ3n) is 3.75. The van der Waals surface area contributed by atoms with Gasteiger partial charge in [0.1, 0.15) is 0 Å². The van der Waals surface area contributed by atoms with E-state index in [1.807, 2.05) is 6.92 Å². The van der Waals surface area contributed by atoms with Crippen molar-refractivity contribution in [3.63, 3.8) is 0 Å². The average molecular weight is 255 g/mol. The van der Waals surface area contributed by atoms with Crippen LogP contribution in [0.25, 0.3) is 0 Å². The first kappa shape index (κ1) is 15.4. The third kappa shape index (κ3) is 4.94. The SMILES string of the molecule is CCNCC(C)C(=O)NC1CCN(C(C)C)CC1. The first-order valence-corrected chi connectivity index (χ1v) is 7.29. The molecule has 1 amide bonds. The fraction of sp³-hybridized carbons (Fsp3) is 0.929. The normalized spacial score (nSPS) is 20.1. The Hall–Kier alpha value is -0.610. The van der Waals surface area contributed by atoms with E-state index >= 15 is 0 Å². The van der Waals surface area contributed by atoms with Crippen molar-refractivity contribution in [1.82, 2.24) is 15.5 Å². The molecule has 1 atom stereocenters. The van der Waals surface area contributed by atoms with Crippen LogP contribution < -0.4 is 10.6 Å². The molecule has 18 heavy (non-hydrogen) atoms. The fourth-order valence-electron chi connectivity index (χ4n) is 2.36. The molecule has 0 bridgehead atoms. The number of rotatable bonds is 6. The minimum atomic E-state index is 0.0630. The fourth-order valence-corrected chi connectivity index (χ4v) is 2.36. The summed E-state index contributed by atoms with van der Waals surface area (Å²) < 4.78 is 0. The first-order chi connectivity index (χ1) is 8.54. The lowest BCUT2D eigenvalue weighted by atomic mass is 10.0. The Morgan fingerprint density at radius 2 is 1.89 bits per heavy atom. The Bertz CT molecular complexity index is 247. The molecule has 1 rings (SSSR count). The Morgan fingerprint density at radius 1 is 1.28 bits per heavy atom. The first-order valence-electron chi connectivity index (χ1n) is 7.29. The summed E-state index contributed by atoms with van der Waals surface area (Å²) in [7, 11) is 0. The number of hydrogen-bond acceptors (Lipinski definition) is 3. The molecule has 1 saturated heterocycles. The third-order valence-corrected chi connectivity index (χ3v) is 3.75. The number of nitrogens with zero attached hydrogens (tertiary/aromatic N) is 1. The highest BCUT2D eigenvalue weighted by molar-refractivity contribution is 5.78. The van der Waals surface area contributed by atoms with Gasteiger partial charge in [0.25, 0.3) is 0 Å². The van der Waals surface area contributed by atoms with Crippen molar-refractivity contribution in [3.8, 4) is 0 Å². The summed E-state index contributed by atoms with van der Waals surface area (Å²) in [6.07, 6.45) is 2.16. The molecule has 106 valence electrons. The van der Waals surface area contributed by atoms with Crippen molar-refractivity contribution >= 4 is 5.91 Å². The van der Waals surface area contributed by atoms with Gasteiger partial charge in [-0.3, -0.25) is 4.79 Å². The number of likely N-dealkylation sites (tertiary alicyclic amines) is 1. The maximum Gasteiger partial charge on any atom is 0.224 e. The molecule has 4 nitrogen and oxygen atoms in total. The van der Waals surface area contributed by atoms with E-state index in [0.717, 1.165) is 39.0 Å². The van der Waals surface area contributed by atoms with Crippen LogP contribution in [0.4, 0.5) is 0 Å². The maximum absolute atomic E-state index is 12.0. The highest BCUT2D eigenvalue weighted by atomic mass is 16.1. The number of piperidine rings is 1. The van der Waals surface area contributed by atoms with Crippen molar-refractivity contribution in [1.29, 1.82) is 0 Å². The van der Waals surface area contributed by atoms with E-state index in [2.05, 4.69) is 36.3 Å². The summed E-state index contributed by atoms with van der Waals surface area (Å²) in [6, 6.07) is 0.992. The number of amides is 1. The van der Waals surface area contributed by atoms with Crippen LogP contribution in [-0.2, 0) is 4.79 Å². The Morgan fingerprint density at radius 3 is 2.39 bits per heavy atom. The van der Waals surface area contributed by atoms with E-state index in [-0.39, 0.29) is 11.8 Å². The highest BCUT2D eigenvalue weighted by Crippen LogP contribution is 2.13. The second kappa shape index (κ2) is 7.74. The predicted octanol–water partition coefficient (Wildman–Crippen LogP) is 1.22. The lowest BCUT2D eigenvalue weighted by molar-refractivity contribution is -0.125. The summed E-state index contributed by atoms with van der Waals surface area (Å²) in [6.45, 7) is 12.4. The molecule has 2 N–H and O–H groups in total. The molecule has 1 aliphatic heterocycles. The van der Waals surface area contributed by atoms with E-state index in [1.54, 1.807) is 0 Å². The van der Waals surface area contributed by atoms with E-state index in [0.29, 0.717) is 12.1 Å². The second-order valence-electron chi connectivity index (χ2n) is 5.62. The molecule has 1 unspecified atom stereocenters. The lowest BCUT2D eigenvalue weighted by Gasteiger charge is -2.35. The standard InChI is InChI=1S/C14H29N3O/c1-5-15-10-12(4)14(18)16-13-6-8-17(9-7-13)11(2)3/h11-13,15H,5-10H2,1-4H3,(H,16,18). The molecule has 0 aromatic rings. The van der Waals surface area contributed by atoms with Gasteiger partial charge in [-0.1, -0.05) is 13.8 Å². The minimum absolute atomic E-state index is 0.0630. The number of carbonyl (C=O) groups excluding carboxylic acids is 1. The van der Waals surface area contributed by atoms with Crippen molar-refractivity contribution in [3.05, 3.63) is 0 Å². The van der Waals surface area contributed by atoms with Gasteiger partial charge in [-0.15, -0.1) is 0 Å². The molecule has 1 heterocycles. The van der Waals surface area contributed by atoms with Crippen LogP contribution >= 0.6 is 0 Å². The molecule has 0 spiro atoms. The van der Waals surface area contributed by atoms with Gasteiger partial charge in [0.2, 0.25) is 5.91 Å². The molecule has 1 aliphatic rings. The van der Waals surface area contributed by atoms with Crippen LogP contribution in [0.5, 0.6) is 0 Å². The Balaban J connectivity index is 2.25. The van der Waals surface area contributed by atoms with Crippen LogP contribution in [0.3, 0.4) is 0 Å². The topological polar surface area (TPSA) is 44.4 Å². The number of carbonyl (C=O) groups is 1. The number of hydrogen-bond donors (Lipinski definition) is 2. The summed E-state index contributed by atoms with van der Waals surface area (Å²) in [4.78, 5) is 14.4. The smallest absolute Gasteiger partial charge is 0.224 e. The molecule has 1 fully saturated rings. The quantitative estimate of drug-likeness (QED) is 0.750. The minimum Gasteiger partial charge on any atom is -0.353 e. The van der Waals surface area contributed by atoms with E-state index in [1.165, 1.54) is 0 Å². The molecular formula is C14H29N3O. The van der Waals surface area contributed by atoms with Gasteiger partial charge in [-0.25, -0.2) is 0 Å². The average Bonchev–Trinajstić information content (AvgIpc) is 2.36. The van der Waals surface area contributed by atoms with Crippen LogP contribution in [0.1, 0.15) is 40.5 Å². The molecule has 0 aliphatic carbocycles. The van der Waals surface area contributed by atoms with Crippen molar-refractivity contribution < 1.29 is 4.79 Å². The molecule has 4 heteroatoms. The zero-order valence-corrected chi connectivity index (χ0v) is 12.3. The Labute approximate surface area is 111 Å². The van der Waals surface area contributed by atoms with Crippen LogP contribution in [0, 0.1) is 5.92 Å². The van der Waals surface area contributed by atoms with E-state index in [9.17, 15) is 4.79 Å². The van der Waals surface area contributed by atoms with Crippen molar-refractivity contribution in [2.24, 2.45) is 5.92 Å². The largest absolute Gasteiger partial charge is 0.353 e. The predicted molar refractivity (Wildman–Crippen MR) is 75.6 cm³/mol. The van der Waals surface area contributed by atoms with Gasteiger partial charge in [-0.2, -0.15) is 0 Å². The van der Waals surface area contributed by atoms with Gasteiger partial charge in [0.05, 0.1) is 0 Å². The summed E-state index contributed by atoms with van der Waals surface area (Å²) in [5.41, 5.74) is 0. The number of nitrogens with one attached hydrogen (secondary N) is 2. The van der Waals surface area contributed by atoms with E-state index in [4.69, 9.17) is 0 Å².